The Morgan fingerprint density at radius 3 is 2.62 bits per heavy atom. The van der Waals surface area contributed by atoms with Crippen molar-refractivity contribution in [1.82, 2.24) is 4.90 Å². The number of nitrogens with zero attached hydrogens (tertiary/aromatic N) is 2. The summed E-state index contributed by atoms with van der Waals surface area (Å²) >= 11 is 0. The molecule has 1 atom stereocenters. The second-order valence-electron chi connectivity index (χ2n) is 4.67. The second kappa shape index (κ2) is 5.22. The zero-order valence-corrected chi connectivity index (χ0v) is 11.0. The highest BCUT2D eigenvalue weighted by Crippen LogP contribution is 2.31. The highest BCUT2D eigenvalue weighted by Gasteiger charge is 2.29. The van der Waals surface area contributed by atoms with Gasteiger partial charge in [-0.2, -0.15) is 5.26 Å². The molecule has 0 spiro atoms. The number of nitriles is 1. The number of fused-ring (bicyclic) bond motifs is 1. The molecule has 0 aliphatic carbocycles. The molecule has 3 nitrogen and oxygen atoms in total. The number of carbonyl (C=O) groups excluding carboxylic acids is 1. The molecule has 0 aromatic heterocycles. The molecule has 0 saturated carbocycles. The minimum absolute atomic E-state index is 0.0400. The molecule has 1 heterocycles. The average molecular weight is 278 g/mol. The molecule has 1 aliphatic heterocycles. The monoisotopic (exact) mass is 278 g/mol. The van der Waals surface area contributed by atoms with Crippen LogP contribution in [0.2, 0.25) is 0 Å². The predicted molar refractivity (Wildman–Crippen MR) is 76.4 cm³/mol. The van der Waals surface area contributed by atoms with Crippen LogP contribution in [0.4, 0.5) is 4.39 Å². The number of hydrogen-bond donors (Lipinski definition) is 0. The number of rotatable bonds is 1. The van der Waals surface area contributed by atoms with Gasteiger partial charge in [0.15, 0.2) is 0 Å². The minimum Gasteiger partial charge on any atom is -0.294 e. The summed E-state index contributed by atoms with van der Waals surface area (Å²) in [5.41, 5.74) is 1.59. The van der Waals surface area contributed by atoms with Gasteiger partial charge in [0.1, 0.15) is 11.9 Å². The van der Waals surface area contributed by atoms with E-state index in [2.05, 4.69) is 6.07 Å². The number of benzene rings is 2. The number of amides is 1. The zero-order chi connectivity index (χ0) is 14.8. The highest BCUT2D eigenvalue weighted by molar-refractivity contribution is 5.96. The van der Waals surface area contributed by atoms with Gasteiger partial charge < -0.3 is 0 Å². The van der Waals surface area contributed by atoms with Gasteiger partial charge in [-0.3, -0.25) is 9.69 Å². The Hall–Kier alpha value is -2.93. The van der Waals surface area contributed by atoms with Crippen molar-refractivity contribution in [2.24, 2.45) is 0 Å². The number of hydrogen-bond acceptors (Lipinski definition) is 2. The Morgan fingerprint density at radius 2 is 1.86 bits per heavy atom. The van der Waals surface area contributed by atoms with Gasteiger partial charge >= 0.3 is 0 Å². The molecule has 1 aliphatic rings. The standard InChI is InChI=1S/C17H11FN2O/c18-15-8-4-3-7-14(15)17(21)20-10-9-12-5-1-2-6-13(12)16(20)11-19/h1-10,16H/t16-/m1/s1. The zero-order valence-electron chi connectivity index (χ0n) is 11.0. The molecule has 0 N–H and O–H groups in total. The predicted octanol–water partition coefficient (Wildman–Crippen LogP) is 3.52. The SMILES string of the molecule is N#C[C@@H]1c2ccccc2C=CN1C(=O)c1ccccc1F. The van der Waals surface area contributed by atoms with Gasteiger partial charge in [-0.1, -0.05) is 36.4 Å². The maximum Gasteiger partial charge on any atom is 0.262 e. The molecule has 0 fully saturated rings. The molecule has 1 amide bonds. The molecule has 0 bridgehead atoms. The highest BCUT2D eigenvalue weighted by atomic mass is 19.1. The van der Waals surface area contributed by atoms with Gasteiger partial charge in [-0.05, 0) is 29.3 Å². The number of carbonyl (C=O) groups is 1. The topological polar surface area (TPSA) is 44.1 Å². The van der Waals surface area contributed by atoms with E-state index in [4.69, 9.17) is 0 Å². The van der Waals surface area contributed by atoms with Crippen LogP contribution in [0.5, 0.6) is 0 Å². The fourth-order valence-electron chi connectivity index (χ4n) is 2.40. The molecule has 0 unspecified atom stereocenters. The molecule has 4 heteroatoms. The lowest BCUT2D eigenvalue weighted by molar-refractivity contribution is 0.0789. The van der Waals surface area contributed by atoms with Gasteiger partial charge in [0.05, 0.1) is 11.6 Å². The lowest BCUT2D eigenvalue weighted by Crippen LogP contribution is -2.32. The van der Waals surface area contributed by atoms with E-state index in [1.165, 1.54) is 29.3 Å². The average Bonchev–Trinajstić information content (AvgIpc) is 2.53. The molecule has 102 valence electrons. The minimum atomic E-state index is -0.752. The molecule has 21 heavy (non-hydrogen) atoms. The Morgan fingerprint density at radius 1 is 1.14 bits per heavy atom. The van der Waals surface area contributed by atoms with Gasteiger partial charge in [0.2, 0.25) is 0 Å². The summed E-state index contributed by atoms with van der Waals surface area (Å²) in [6.45, 7) is 0. The van der Waals surface area contributed by atoms with Gasteiger partial charge in [-0.15, -0.1) is 0 Å². The van der Waals surface area contributed by atoms with Crippen molar-refractivity contribution in [2.45, 2.75) is 6.04 Å². The molecular weight excluding hydrogens is 267 g/mol. The maximum absolute atomic E-state index is 13.8. The first-order valence-electron chi connectivity index (χ1n) is 6.46. The van der Waals surface area contributed by atoms with Crippen molar-refractivity contribution in [3.05, 3.63) is 77.2 Å². The third-order valence-corrected chi connectivity index (χ3v) is 3.44. The van der Waals surface area contributed by atoms with E-state index in [9.17, 15) is 14.4 Å². The summed E-state index contributed by atoms with van der Waals surface area (Å²) in [6, 6.07) is 14.5. The summed E-state index contributed by atoms with van der Waals surface area (Å²) in [4.78, 5) is 13.7. The summed E-state index contributed by atoms with van der Waals surface area (Å²) in [5, 5.41) is 9.40. The largest absolute Gasteiger partial charge is 0.294 e. The quantitative estimate of drug-likeness (QED) is 0.801. The first-order valence-corrected chi connectivity index (χ1v) is 6.46. The van der Waals surface area contributed by atoms with E-state index in [0.29, 0.717) is 0 Å². The van der Waals surface area contributed by atoms with E-state index in [1.54, 1.807) is 18.2 Å². The third kappa shape index (κ3) is 2.19. The Labute approximate surface area is 121 Å². The van der Waals surface area contributed by atoms with Crippen LogP contribution in [-0.4, -0.2) is 10.8 Å². The van der Waals surface area contributed by atoms with E-state index in [1.807, 2.05) is 18.2 Å². The van der Waals surface area contributed by atoms with Crippen molar-refractivity contribution in [3.63, 3.8) is 0 Å². The fraction of sp³-hybridized carbons (Fsp3) is 0.0588. The Balaban J connectivity index is 2.03. The first kappa shape index (κ1) is 13.1. The van der Waals surface area contributed by atoms with Crippen LogP contribution in [0.25, 0.3) is 6.08 Å². The molecular formula is C17H11FN2O. The first-order chi connectivity index (χ1) is 10.2. The van der Waals surface area contributed by atoms with Crippen molar-refractivity contribution < 1.29 is 9.18 Å². The summed E-state index contributed by atoms with van der Waals surface area (Å²) in [7, 11) is 0. The van der Waals surface area contributed by atoms with Crippen LogP contribution in [0.15, 0.2) is 54.7 Å². The van der Waals surface area contributed by atoms with Gasteiger partial charge in [0.25, 0.3) is 5.91 Å². The summed E-state index contributed by atoms with van der Waals surface area (Å²) in [6.07, 6.45) is 3.28. The van der Waals surface area contributed by atoms with Crippen LogP contribution in [0.3, 0.4) is 0 Å². The van der Waals surface area contributed by atoms with Gasteiger partial charge in [0, 0.05) is 6.20 Å². The van der Waals surface area contributed by atoms with E-state index >= 15 is 0 Å². The van der Waals surface area contributed by atoms with Crippen LogP contribution in [0, 0.1) is 17.1 Å². The van der Waals surface area contributed by atoms with Crippen molar-refractivity contribution >= 4 is 12.0 Å². The molecule has 0 saturated heterocycles. The molecule has 2 aromatic rings. The fourth-order valence-corrected chi connectivity index (χ4v) is 2.40. The maximum atomic E-state index is 13.8. The van der Waals surface area contributed by atoms with Gasteiger partial charge in [-0.25, -0.2) is 4.39 Å². The van der Waals surface area contributed by atoms with Crippen molar-refractivity contribution in [1.29, 1.82) is 5.26 Å². The molecule has 0 radical (unpaired) electrons. The molecule has 3 rings (SSSR count). The normalized spacial score (nSPS) is 16.2. The Kier molecular flexibility index (Phi) is 3.25. The van der Waals surface area contributed by atoms with Crippen LogP contribution < -0.4 is 0 Å². The lowest BCUT2D eigenvalue weighted by atomic mass is 9.96. The summed E-state index contributed by atoms with van der Waals surface area (Å²) < 4.78 is 13.8. The van der Waals surface area contributed by atoms with Crippen molar-refractivity contribution in [2.75, 3.05) is 0 Å². The Bertz CT molecular complexity index is 776. The summed E-state index contributed by atoms with van der Waals surface area (Å²) in [5.74, 6) is -1.11. The van der Waals surface area contributed by atoms with E-state index < -0.39 is 17.8 Å². The third-order valence-electron chi connectivity index (χ3n) is 3.44. The van der Waals surface area contributed by atoms with E-state index in [-0.39, 0.29) is 5.56 Å². The van der Waals surface area contributed by atoms with Crippen LogP contribution >= 0.6 is 0 Å². The second-order valence-corrected chi connectivity index (χ2v) is 4.67. The molecule has 2 aromatic carbocycles. The smallest absolute Gasteiger partial charge is 0.262 e. The van der Waals surface area contributed by atoms with Crippen molar-refractivity contribution in [3.8, 4) is 6.07 Å². The van der Waals surface area contributed by atoms with E-state index in [0.717, 1.165) is 11.1 Å². The van der Waals surface area contributed by atoms with Crippen LogP contribution in [0.1, 0.15) is 27.5 Å². The van der Waals surface area contributed by atoms with Crippen LogP contribution in [-0.2, 0) is 0 Å². The lowest BCUT2D eigenvalue weighted by Gasteiger charge is -2.28. The number of halogens is 1.